The summed E-state index contributed by atoms with van der Waals surface area (Å²) in [6.07, 6.45) is 1.58. The fraction of sp³-hybridized carbons (Fsp3) is 0.143. The SMILES string of the molecule is COc1c(Br)cc(C(=O)N2CCOc3ncc(-c4cccc([N+](=O)[O-])c4)cc32)cc1Br. The van der Waals surface area contributed by atoms with Crippen LogP contribution in [0.5, 0.6) is 11.6 Å². The van der Waals surface area contributed by atoms with Crippen molar-refractivity contribution in [2.45, 2.75) is 0 Å². The third kappa shape index (κ3) is 4.13. The molecule has 1 aliphatic rings. The summed E-state index contributed by atoms with van der Waals surface area (Å²) in [6.45, 7) is 0.646. The molecule has 0 aliphatic carbocycles. The molecule has 0 saturated carbocycles. The molecule has 0 atom stereocenters. The first kappa shape index (κ1) is 21.3. The van der Waals surface area contributed by atoms with E-state index in [2.05, 4.69) is 36.8 Å². The smallest absolute Gasteiger partial charge is 0.270 e. The number of hydrogen-bond acceptors (Lipinski definition) is 6. The van der Waals surface area contributed by atoms with Crippen molar-refractivity contribution >= 4 is 49.1 Å². The van der Waals surface area contributed by atoms with Gasteiger partial charge in [0.25, 0.3) is 11.6 Å². The minimum Gasteiger partial charge on any atom is -0.494 e. The predicted octanol–water partition coefficient (Wildman–Crippen LogP) is 5.23. The summed E-state index contributed by atoms with van der Waals surface area (Å²) in [7, 11) is 1.55. The number of methoxy groups -OCH3 is 1. The molecule has 10 heteroatoms. The topological polar surface area (TPSA) is 94.8 Å². The maximum Gasteiger partial charge on any atom is 0.270 e. The van der Waals surface area contributed by atoms with Gasteiger partial charge in [0.2, 0.25) is 5.88 Å². The number of fused-ring (bicyclic) bond motifs is 1. The number of hydrogen-bond donors (Lipinski definition) is 0. The van der Waals surface area contributed by atoms with Gasteiger partial charge in [0.05, 0.1) is 27.5 Å². The lowest BCUT2D eigenvalue weighted by Crippen LogP contribution is -2.38. The van der Waals surface area contributed by atoms with E-state index in [0.29, 0.717) is 56.1 Å². The summed E-state index contributed by atoms with van der Waals surface area (Å²) in [5.41, 5.74) is 2.20. The van der Waals surface area contributed by atoms with Crippen LogP contribution in [0, 0.1) is 10.1 Å². The molecule has 1 aliphatic heterocycles. The summed E-state index contributed by atoms with van der Waals surface area (Å²) >= 11 is 6.85. The number of amides is 1. The van der Waals surface area contributed by atoms with Crippen molar-refractivity contribution < 1.29 is 19.2 Å². The van der Waals surface area contributed by atoms with Crippen LogP contribution in [0.2, 0.25) is 0 Å². The Bertz CT molecular complexity index is 1180. The number of carbonyl (C=O) groups is 1. The number of benzene rings is 2. The van der Waals surface area contributed by atoms with Crippen LogP contribution in [-0.4, -0.2) is 36.1 Å². The molecule has 3 aromatic rings. The van der Waals surface area contributed by atoms with Gasteiger partial charge in [0.1, 0.15) is 18.0 Å². The number of rotatable bonds is 4. The van der Waals surface area contributed by atoms with Crippen LogP contribution in [-0.2, 0) is 0 Å². The second-order valence-corrected chi connectivity index (χ2v) is 8.34. The van der Waals surface area contributed by atoms with Gasteiger partial charge in [-0.25, -0.2) is 4.98 Å². The van der Waals surface area contributed by atoms with Gasteiger partial charge in [-0.05, 0) is 55.6 Å². The maximum atomic E-state index is 13.3. The summed E-state index contributed by atoms with van der Waals surface area (Å²) in [6, 6.07) is 11.4. The fourth-order valence-electron chi connectivity index (χ4n) is 3.30. The zero-order valence-corrected chi connectivity index (χ0v) is 19.3. The number of halogens is 2. The van der Waals surface area contributed by atoms with Crippen LogP contribution < -0.4 is 14.4 Å². The molecule has 0 saturated heterocycles. The summed E-state index contributed by atoms with van der Waals surface area (Å²) < 4.78 is 12.2. The normalized spacial score (nSPS) is 12.7. The second kappa shape index (κ2) is 8.64. The average molecular weight is 549 g/mol. The van der Waals surface area contributed by atoms with Crippen LogP contribution in [0.3, 0.4) is 0 Å². The highest BCUT2D eigenvalue weighted by Gasteiger charge is 2.27. The number of ether oxygens (including phenoxy) is 2. The molecule has 158 valence electrons. The van der Waals surface area contributed by atoms with Crippen molar-refractivity contribution in [3.05, 3.63) is 73.3 Å². The van der Waals surface area contributed by atoms with Gasteiger partial charge < -0.3 is 14.4 Å². The lowest BCUT2D eigenvalue weighted by molar-refractivity contribution is -0.384. The molecule has 0 radical (unpaired) electrons. The van der Waals surface area contributed by atoms with Crippen molar-refractivity contribution in [2.24, 2.45) is 0 Å². The monoisotopic (exact) mass is 547 g/mol. The Labute approximate surface area is 194 Å². The Balaban J connectivity index is 1.74. The lowest BCUT2D eigenvalue weighted by Gasteiger charge is -2.29. The molecule has 8 nitrogen and oxygen atoms in total. The fourth-order valence-corrected chi connectivity index (χ4v) is 4.81. The van der Waals surface area contributed by atoms with Gasteiger partial charge in [0, 0.05) is 29.5 Å². The van der Waals surface area contributed by atoms with Crippen LogP contribution in [0.15, 0.2) is 57.6 Å². The molecular formula is C21H15Br2N3O5. The highest BCUT2D eigenvalue weighted by molar-refractivity contribution is 9.11. The molecule has 0 bridgehead atoms. The zero-order valence-electron chi connectivity index (χ0n) is 16.2. The van der Waals surface area contributed by atoms with E-state index in [4.69, 9.17) is 9.47 Å². The van der Waals surface area contributed by atoms with E-state index < -0.39 is 4.92 Å². The number of non-ortho nitro benzene ring substituents is 1. The number of pyridine rings is 1. The van der Waals surface area contributed by atoms with Gasteiger partial charge >= 0.3 is 0 Å². The molecule has 1 aromatic heterocycles. The quantitative estimate of drug-likeness (QED) is 0.327. The maximum absolute atomic E-state index is 13.3. The van der Waals surface area contributed by atoms with Gasteiger partial charge in [-0.1, -0.05) is 12.1 Å². The molecule has 0 N–H and O–H groups in total. The minimum absolute atomic E-state index is 0.0210. The average Bonchev–Trinajstić information content (AvgIpc) is 2.77. The number of nitro groups is 1. The number of nitrogens with zero attached hydrogens (tertiary/aromatic N) is 3. The summed E-state index contributed by atoms with van der Waals surface area (Å²) in [5, 5.41) is 11.1. The van der Waals surface area contributed by atoms with E-state index in [1.165, 1.54) is 12.1 Å². The Morgan fingerprint density at radius 1 is 1.19 bits per heavy atom. The highest BCUT2D eigenvalue weighted by Crippen LogP contribution is 2.38. The second-order valence-electron chi connectivity index (χ2n) is 6.63. The number of nitro benzene ring substituents is 1. The molecule has 0 unspecified atom stereocenters. The van der Waals surface area contributed by atoms with E-state index in [1.807, 2.05) is 0 Å². The first-order valence-corrected chi connectivity index (χ1v) is 10.7. The number of anilines is 1. The van der Waals surface area contributed by atoms with Gasteiger partial charge in [-0.3, -0.25) is 14.9 Å². The van der Waals surface area contributed by atoms with Crippen molar-refractivity contribution in [3.63, 3.8) is 0 Å². The molecule has 0 fully saturated rings. The van der Waals surface area contributed by atoms with Crippen molar-refractivity contribution in [1.29, 1.82) is 0 Å². The highest BCUT2D eigenvalue weighted by atomic mass is 79.9. The molecule has 4 rings (SSSR count). The zero-order chi connectivity index (χ0) is 22.1. The van der Waals surface area contributed by atoms with Crippen LogP contribution in [0.4, 0.5) is 11.4 Å². The molecule has 31 heavy (non-hydrogen) atoms. The van der Waals surface area contributed by atoms with E-state index >= 15 is 0 Å². The third-order valence-electron chi connectivity index (χ3n) is 4.76. The van der Waals surface area contributed by atoms with Gasteiger partial charge in [0.15, 0.2) is 0 Å². The molecule has 2 aromatic carbocycles. The molecule has 1 amide bonds. The van der Waals surface area contributed by atoms with Crippen molar-refractivity contribution in [1.82, 2.24) is 4.98 Å². The first-order valence-electron chi connectivity index (χ1n) is 9.11. The summed E-state index contributed by atoms with van der Waals surface area (Å²) in [4.78, 5) is 29.9. The Kier molecular flexibility index (Phi) is 5.92. The molecular weight excluding hydrogens is 534 g/mol. The molecule has 0 spiro atoms. The first-order chi connectivity index (χ1) is 14.9. The van der Waals surface area contributed by atoms with E-state index in [9.17, 15) is 14.9 Å². The van der Waals surface area contributed by atoms with Gasteiger partial charge in [-0.15, -0.1) is 0 Å². The van der Waals surface area contributed by atoms with Crippen LogP contribution >= 0.6 is 31.9 Å². The number of carbonyl (C=O) groups excluding carboxylic acids is 1. The Morgan fingerprint density at radius 3 is 2.61 bits per heavy atom. The van der Waals surface area contributed by atoms with E-state index in [0.717, 1.165) is 0 Å². The lowest BCUT2D eigenvalue weighted by atomic mass is 10.1. The third-order valence-corrected chi connectivity index (χ3v) is 5.94. The Morgan fingerprint density at radius 2 is 1.94 bits per heavy atom. The number of aromatic nitrogens is 1. The van der Waals surface area contributed by atoms with Crippen molar-refractivity contribution in [2.75, 3.05) is 25.2 Å². The Hall–Kier alpha value is -2.98. The minimum atomic E-state index is -0.451. The van der Waals surface area contributed by atoms with E-state index in [-0.39, 0.29) is 11.6 Å². The van der Waals surface area contributed by atoms with Crippen LogP contribution in [0.1, 0.15) is 10.4 Å². The van der Waals surface area contributed by atoms with Crippen molar-refractivity contribution in [3.8, 4) is 22.8 Å². The standard InChI is InChI=1S/C21H15Br2N3O5/c1-30-19-16(22)8-13(9-17(19)23)21(27)25-5-6-31-20-18(25)10-14(11-24-20)12-3-2-4-15(7-12)26(28)29/h2-4,7-11H,5-6H2,1H3. The summed E-state index contributed by atoms with van der Waals surface area (Å²) in [5.74, 6) is 0.695. The van der Waals surface area contributed by atoms with Crippen LogP contribution in [0.25, 0.3) is 11.1 Å². The largest absolute Gasteiger partial charge is 0.494 e. The predicted molar refractivity (Wildman–Crippen MR) is 122 cm³/mol. The molecule has 2 heterocycles. The van der Waals surface area contributed by atoms with Gasteiger partial charge in [-0.2, -0.15) is 0 Å². The van der Waals surface area contributed by atoms with E-state index in [1.54, 1.807) is 48.5 Å².